The number of aryl methyl sites for hydroxylation is 1. The zero-order valence-corrected chi connectivity index (χ0v) is 21.1. The summed E-state index contributed by atoms with van der Waals surface area (Å²) in [6.45, 7) is 4.13. The van der Waals surface area contributed by atoms with Crippen molar-refractivity contribution >= 4 is 34.7 Å². The Balaban J connectivity index is 1.57. The molecule has 1 aromatic heterocycles. The fraction of sp³-hybridized carbons (Fsp3) is 0.133. The van der Waals surface area contributed by atoms with Crippen LogP contribution in [0.15, 0.2) is 101 Å². The van der Waals surface area contributed by atoms with Gasteiger partial charge in [-0.05, 0) is 59.4 Å². The minimum Gasteiger partial charge on any atom is -0.490 e. The summed E-state index contributed by atoms with van der Waals surface area (Å²) in [4.78, 5) is 19.6. The van der Waals surface area contributed by atoms with Gasteiger partial charge in [0.1, 0.15) is 12.4 Å². The van der Waals surface area contributed by atoms with Crippen molar-refractivity contribution in [1.82, 2.24) is 4.57 Å². The smallest absolute Gasteiger partial charge is 0.271 e. The van der Waals surface area contributed by atoms with E-state index in [2.05, 4.69) is 24.8 Å². The van der Waals surface area contributed by atoms with Gasteiger partial charge in [0.25, 0.3) is 5.56 Å². The van der Waals surface area contributed by atoms with Crippen LogP contribution in [-0.4, -0.2) is 11.2 Å². The predicted octanol–water partition coefficient (Wildman–Crippen LogP) is 5.54. The number of hydrogen-bond acceptors (Lipinski definition) is 4. The zero-order chi connectivity index (χ0) is 24.6. The van der Waals surface area contributed by atoms with Crippen LogP contribution in [0.25, 0.3) is 11.8 Å². The summed E-state index contributed by atoms with van der Waals surface area (Å²) < 4.78 is 8.12. The molecular formula is C30H23ClN2O2S. The number of fused-ring (bicyclic) bond motifs is 3. The molecule has 0 N–H and O–H groups in total. The van der Waals surface area contributed by atoms with Crippen molar-refractivity contribution < 1.29 is 4.74 Å². The molecule has 1 unspecified atom stereocenters. The van der Waals surface area contributed by atoms with Gasteiger partial charge in [-0.15, -0.1) is 0 Å². The summed E-state index contributed by atoms with van der Waals surface area (Å²) in [6.07, 6.45) is 5.36. The third-order valence-electron chi connectivity index (χ3n) is 6.60. The maximum atomic E-state index is 13.9. The van der Waals surface area contributed by atoms with Gasteiger partial charge >= 0.3 is 0 Å². The van der Waals surface area contributed by atoms with Gasteiger partial charge < -0.3 is 4.74 Å². The molecule has 0 spiro atoms. The molecule has 4 aromatic rings. The summed E-state index contributed by atoms with van der Waals surface area (Å²) in [5.41, 5.74) is 6.29. The highest BCUT2D eigenvalue weighted by molar-refractivity contribution is 7.07. The SMILES string of the molecule is C=CCOc1cccc(C=c2sc3n(c2=O)C(c2ccccc2Cl)C2=C(N=3)c3ccccc3CC2)c1. The highest BCUT2D eigenvalue weighted by Crippen LogP contribution is 2.42. The van der Waals surface area contributed by atoms with Crippen molar-refractivity contribution in [2.24, 2.45) is 4.99 Å². The summed E-state index contributed by atoms with van der Waals surface area (Å²) >= 11 is 8.12. The van der Waals surface area contributed by atoms with Gasteiger partial charge in [-0.25, -0.2) is 4.99 Å². The molecule has 6 rings (SSSR count). The topological polar surface area (TPSA) is 43.6 Å². The normalized spacial score (nSPS) is 16.6. The molecule has 0 saturated carbocycles. The van der Waals surface area contributed by atoms with E-state index in [-0.39, 0.29) is 11.6 Å². The van der Waals surface area contributed by atoms with Crippen molar-refractivity contribution in [3.05, 3.63) is 138 Å². The Morgan fingerprint density at radius 1 is 1.08 bits per heavy atom. The van der Waals surface area contributed by atoms with Crippen LogP contribution < -0.4 is 19.6 Å². The van der Waals surface area contributed by atoms with Crippen LogP contribution in [0, 0.1) is 0 Å². The van der Waals surface area contributed by atoms with Crippen molar-refractivity contribution in [2.75, 3.05) is 6.61 Å². The van der Waals surface area contributed by atoms with Crippen molar-refractivity contribution in [1.29, 1.82) is 0 Å². The quantitative estimate of drug-likeness (QED) is 0.331. The van der Waals surface area contributed by atoms with Crippen molar-refractivity contribution in [3.8, 4) is 5.75 Å². The van der Waals surface area contributed by atoms with E-state index in [1.54, 1.807) is 6.08 Å². The number of nitrogens with zero attached hydrogens (tertiary/aromatic N) is 2. The van der Waals surface area contributed by atoms with Crippen LogP contribution in [0.5, 0.6) is 5.75 Å². The van der Waals surface area contributed by atoms with E-state index in [1.807, 2.05) is 65.2 Å². The van der Waals surface area contributed by atoms with Crippen LogP contribution in [0.4, 0.5) is 0 Å². The molecule has 178 valence electrons. The van der Waals surface area contributed by atoms with Gasteiger partial charge in [-0.2, -0.15) is 0 Å². The van der Waals surface area contributed by atoms with Crippen LogP contribution >= 0.6 is 22.9 Å². The number of allylic oxidation sites excluding steroid dienone is 1. The fourth-order valence-electron chi connectivity index (χ4n) is 5.00. The average Bonchev–Trinajstić information content (AvgIpc) is 3.21. The van der Waals surface area contributed by atoms with Crippen LogP contribution in [0.2, 0.25) is 5.02 Å². The lowest BCUT2D eigenvalue weighted by atomic mass is 9.83. The lowest BCUT2D eigenvalue weighted by Crippen LogP contribution is -2.38. The maximum Gasteiger partial charge on any atom is 0.271 e. The lowest BCUT2D eigenvalue weighted by Gasteiger charge is -2.31. The summed E-state index contributed by atoms with van der Waals surface area (Å²) in [5, 5.41) is 0.650. The van der Waals surface area contributed by atoms with E-state index >= 15 is 0 Å². The van der Waals surface area contributed by atoms with Crippen LogP contribution in [-0.2, 0) is 6.42 Å². The summed E-state index contributed by atoms with van der Waals surface area (Å²) in [7, 11) is 0. The molecule has 1 aliphatic carbocycles. The van der Waals surface area contributed by atoms with E-state index in [0.717, 1.165) is 46.6 Å². The molecular weight excluding hydrogens is 488 g/mol. The van der Waals surface area contributed by atoms with Gasteiger partial charge in [0.15, 0.2) is 4.80 Å². The summed E-state index contributed by atoms with van der Waals surface area (Å²) in [5.74, 6) is 0.734. The van der Waals surface area contributed by atoms with Gasteiger partial charge in [-0.1, -0.05) is 90.2 Å². The Morgan fingerprint density at radius 3 is 2.78 bits per heavy atom. The predicted molar refractivity (Wildman–Crippen MR) is 146 cm³/mol. The zero-order valence-electron chi connectivity index (χ0n) is 19.5. The average molecular weight is 511 g/mol. The molecule has 1 atom stereocenters. The number of thiazole rings is 1. The second kappa shape index (κ2) is 9.41. The highest BCUT2D eigenvalue weighted by Gasteiger charge is 2.33. The minimum absolute atomic E-state index is 0.0634. The Morgan fingerprint density at radius 2 is 1.92 bits per heavy atom. The summed E-state index contributed by atoms with van der Waals surface area (Å²) in [6, 6.07) is 23.6. The number of halogens is 1. The molecule has 2 heterocycles. The monoisotopic (exact) mass is 510 g/mol. The molecule has 0 amide bonds. The van der Waals surface area contributed by atoms with Crippen LogP contribution in [0.1, 0.15) is 34.7 Å². The van der Waals surface area contributed by atoms with E-state index in [0.29, 0.717) is 21.0 Å². The fourth-order valence-corrected chi connectivity index (χ4v) is 6.24. The molecule has 0 fully saturated rings. The second-order valence-electron chi connectivity index (χ2n) is 8.81. The lowest BCUT2D eigenvalue weighted by molar-refractivity contribution is 0.363. The van der Waals surface area contributed by atoms with E-state index in [1.165, 1.54) is 16.9 Å². The number of hydrogen-bond donors (Lipinski definition) is 0. The Kier molecular flexibility index (Phi) is 5.96. The third-order valence-corrected chi connectivity index (χ3v) is 7.92. The number of aromatic nitrogens is 1. The van der Waals surface area contributed by atoms with Crippen LogP contribution in [0.3, 0.4) is 0 Å². The number of benzene rings is 3. The third kappa shape index (κ3) is 3.94. The first-order chi connectivity index (χ1) is 17.6. The Labute approximate surface area is 217 Å². The van der Waals surface area contributed by atoms with E-state index < -0.39 is 0 Å². The maximum absolute atomic E-state index is 13.9. The second-order valence-corrected chi connectivity index (χ2v) is 10.2. The molecule has 3 aromatic carbocycles. The van der Waals surface area contributed by atoms with Gasteiger partial charge in [-0.3, -0.25) is 9.36 Å². The molecule has 2 aliphatic rings. The molecule has 36 heavy (non-hydrogen) atoms. The van der Waals surface area contributed by atoms with E-state index in [4.69, 9.17) is 21.3 Å². The first kappa shape index (κ1) is 22.8. The molecule has 0 bridgehead atoms. The molecule has 0 saturated heterocycles. The Bertz CT molecular complexity index is 1710. The standard InChI is InChI=1S/C30H23ClN2O2S/c1-2-16-35-21-10-7-8-19(17-21)18-26-29(34)33-28(23-12-5-6-13-25(23)31)24-15-14-20-9-3-4-11-22(20)27(24)32-30(33)36-26/h2-13,17-18,28H,1,14-16H2. The largest absolute Gasteiger partial charge is 0.490 e. The molecule has 4 nitrogen and oxygen atoms in total. The molecule has 0 radical (unpaired) electrons. The minimum atomic E-state index is -0.289. The molecule has 1 aliphatic heterocycles. The first-order valence-corrected chi connectivity index (χ1v) is 13.0. The van der Waals surface area contributed by atoms with Crippen molar-refractivity contribution in [2.45, 2.75) is 18.9 Å². The van der Waals surface area contributed by atoms with Crippen molar-refractivity contribution in [3.63, 3.8) is 0 Å². The van der Waals surface area contributed by atoms with Gasteiger partial charge in [0.2, 0.25) is 0 Å². The van der Waals surface area contributed by atoms with Gasteiger partial charge in [0, 0.05) is 10.6 Å². The molecule has 6 heteroatoms. The van der Waals surface area contributed by atoms with Gasteiger partial charge in [0.05, 0.1) is 16.3 Å². The number of rotatable bonds is 5. The number of ether oxygens (including phenoxy) is 1. The Hall–Kier alpha value is -3.67. The highest BCUT2D eigenvalue weighted by atomic mass is 35.5. The van der Waals surface area contributed by atoms with E-state index in [9.17, 15) is 4.79 Å². The first-order valence-electron chi connectivity index (χ1n) is 11.9.